The third kappa shape index (κ3) is 2.65. The maximum absolute atomic E-state index is 12.7. The van der Waals surface area contributed by atoms with Crippen LogP contribution in [0.25, 0.3) is 0 Å². The van der Waals surface area contributed by atoms with E-state index in [1.54, 1.807) is 4.90 Å². The molecule has 4 heteroatoms. The molecular formula is C18H23N3O. The second kappa shape index (κ2) is 5.95. The van der Waals surface area contributed by atoms with Gasteiger partial charge in [-0.15, -0.1) is 0 Å². The van der Waals surface area contributed by atoms with Gasteiger partial charge in [0.15, 0.2) is 0 Å². The van der Waals surface area contributed by atoms with E-state index in [4.69, 9.17) is 0 Å². The van der Waals surface area contributed by atoms with Crippen LogP contribution in [0.2, 0.25) is 0 Å². The minimum absolute atomic E-state index is 0.00217. The van der Waals surface area contributed by atoms with Gasteiger partial charge < -0.3 is 9.47 Å². The lowest BCUT2D eigenvalue weighted by Gasteiger charge is -2.25. The summed E-state index contributed by atoms with van der Waals surface area (Å²) in [5.41, 5.74) is 2.96. The Morgan fingerprint density at radius 3 is 2.82 bits per heavy atom. The number of imidazole rings is 1. The van der Waals surface area contributed by atoms with Crippen molar-refractivity contribution in [3.63, 3.8) is 0 Å². The molecule has 4 nitrogen and oxygen atoms in total. The maximum Gasteiger partial charge on any atom is 0.274 e. The first-order valence-electron chi connectivity index (χ1n) is 7.96. The van der Waals surface area contributed by atoms with Crippen LogP contribution in [-0.2, 0) is 13.0 Å². The van der Waals surface area contributed by atoms with Crippen LogP contribution in [-0.4, -0.2) is 27.4 Å². The first-order chi connectivity index (χ1) is 10.6. The Hall–Kier alpha value is -2.10. The number of hydrogen-bond acceptors (Lipinski definition) is 2. The average Bonchev–Trinajstić information content (AvgIpc) is 2.97. The van der Waals surface area contributed by atoms with Gasteiger partial charge in [0.25, 0.3) is 5.91 Å². The van der Waals surface area contributed by atoms with Gasteiger partial charge in [-0.3, -0.25) is 4.79 Å². The Labute approximate surface area is 131 Å². The summed E-state index contributed by atoms with van der Waals surface area (Å²) in [7, 11) is 1.86. The minimum atomic E-state index is -0.00217. The number of carbonyl (C=O) groups excluding carboxylic acids is 1. The normalized spacial score (nSPS) is 15.2. The Balaban J connectivity index is 1.82. The standard InChI is InChI=1S/C18H23N3O/c1-13-8-4-5-9-15(13)14(2)20(3)18(22)16-12-21-11-7-6-10-17(21)19-16/h4-5,8-9,12,14H,6-7,10-11H2,1-3H3/t14-/m0/s1. The molecule has 1 aliphatic heterocycles. The lowest BCUT2D eigenvalue weighted by molar-refractivity contribution is 0.0736. The van der Waals surface area contributed by atoms with Crippen LogP contribution < -0.4 is 0 Å². The molecule has 2 heterocycles. The van der Waals surface area contributed by atoms with E-state index in [1.807, 2.05) is 25.4 Å². The van der Waals surface area contributed by atoms with Crippen LogP contribution in [0, 0.1) is 6.92 Å². The first-order valence-corrected chi connectivity index (χ1v) is 7.96. The van der Waals surface area contributed by atoms with Gasteiger partial charge in [0, 0.05) is 26.2 Å². The largest absolute Gasteiger partial charge is 0.334 e. The second-order valence-electron chi connectivity index (χ2n) is 6.14. The molecule has 0 N–H and O–H groups in total. The van der Waals surface area contributed by atoms with Crippen molar-refractivity contribution >= 4 is 5.91 Å². The molecular weight excluding hydrogens is 274 g/mol. The van der Waals surface area contributed by atoms with Crippen molar-refractivity contribution in [3.05, 3.63) is 53.1 Å². The van der Waals surface area contributed by atoms with Crippen LogP contribution in [0.15, 0.2) is 30.5 Å². The number of amides is 1. The lowest BCUT2D eigenvalue weighted by atomic mass is 10.0. The summed E-state index contributed by atoms with van der Waals surface area (Å²) in [4.78, 5) is 19.1. The molecule has 1 amide bonds. The number of aryl methyl sites for hydroxylation is 3. The Kier molecular flexibility index (Phi) is 4.01. The zero-order valence-corrected chi connectivity index (χ0v) is 13.5. The number of fused-ring (bicyclic) bond motifs is 1. The van der Waals surface area contributed by atoms with E-state index in [2.05, 4.69) is 35.5 Å². The molecule has 1 aromatic heterocycles. The van der Waals surface area contributed by atoms with E-state index in [0.717, 1.165) is 18.8 Å². The number of benzene rings is 1. The predicted octanol–water partition coefficient (Wildman–Crippen LogP) is 3.36. The Morgan fingerprint density at radius 2 is 2.09 bits per heavy atom. The fourth-order valence-corrected chi connectivity index (χ4v) is 3.14. The molecule has 22 heavy (non-hydrogen) atoms. The molecule has 0 spiro atoms. The summed E-state index contributed by atoms with van der Waals surface area (Å²) in [6.07, 6.45) is 5.23. The molecule has 1 atom stereocenters. The van der Waals surface area contributed by atoms with Crippen molar-refractivity contribution in [2.24, 2.45) is 0 Å². The minimum Gasteiger partial charge on any atom is -0.334 e. The van der Waals surface area contributed by atoms with E-state index < -0.39 is 0 Å². The van der Waals surface area contributed by atoms with E-state index in [-0.39, 0.29) is 11.9 Å². The molecule has 1 aliphatic rings. The number of hydrogen-bond donors (Lipinski definition) is 0. The van der Waals surface area contributed by atoms with E-state index >= 15 is 0 Å². The van der Waals surface area contributed by atoms with Crippen LogP contribution in [0.1, 0.15) is 53.2 Å². The highest BCUT2D eigenvalue weighted by Crippen LogP contribution is 2.24. The number of rotatable bonds is 3. The second-order valence-corrected chi connectivity index (χ2v) is 6.14. The lowest BCUT2D eigenvalue weighted by Crippen LogP contribution is -2.30. The molecule has 1 aromatic carbocycles. The number of nitrogens with zero attached hydrogens (tertiary/aromatic N) is 3. The highest BCUT2D eigenvalue weighted by molar-refractivity contribution is 5.92. The van der Waals surface area contributed by atoms with Gasteiger partial charge in [-0.2, -0.15) is 0 Å². The van der Waals surface area contributed by atoms with Crippen LogP contribution >= 0.6 is 0 Å². The third-order valence-electron chi connectivity index (χ3n) is 4.67. The average molecular weight is 297 g/mol. The molecule has 0 bridgehead atoms. The monoisotopic (exact) mass is 297 g/mol. The van der Waals surface area contributed by atoms with E-state index in [1.165, 1.54) is 24.0 Å². The zero-order chi connectivity index (χ0) is 15.7. The highest BCUT2D eigenvalue weighted by Gasteiger charge is 2.23. The highest BCUT2D eigenvalue weighted by atomic mass is 16.2. The summed E-state index contributed by atoms with van der Waals surface area (Å²) in [5, 5.41) is 0. The Morgan fingerprint density at radius 1 is 1.32 bits per heavy atom. The third-order valence-corrected chi connectivity index (χ3v) is 4.67. The summed E-state index contributed by atoms with van der Waals surface area (Å²) in [6, 6.07) is 8.25. The van der Waals surface area contributed by atoms with Crippen LogP contribution in [0.4, 0.5) is 0 Å². The van der Waals surface area contributed by atoms with Gasteiger partial charge in [0.05, 0.1) is 6.04 Å². The zero-order valence-electron chi connectivity index (χ0n) is 13.5. The molecule has 2 aromatic rings. The van der Waals surface area contributed by atoms with Crippen molar-refractivity contribution in [2.75, 3.05) is 7.05 Å². The SMILES string of the molecule is Cc1ccccc1[C@H](C)N(C)C(=O)c1cn2c(n1)CCCC2. The molecule has 3 rings (SSSR count). The van der Waals surface area contributed by atoms with Gasteiger partial charge in [0.2, 0.25) is 0 Å². The van der Waals surface area contributed by atoms with Crippen molar-refractivity contribution in [3.8, 4) is 0 Å². The van der Waals surface area contributed by atoms with Crippen molar-refractivity contribution in [2.45, 2.75) is 45.7 Å². The Bertz CT molecular complexity index is 666. The summed E-state index contributed by atoms with van der Waals surface area (Å²) in [6.45, 7) is 5.13. The molecule has 0 saturated heterocycles. The fourth-order valence-electron chi connectivity index (χ4n) is 3.14. The van der Waals surface area contributed by atoms with Crippen LogP contribution in [0.3, 0.4) is 0 Å². The molecule has 0 radical (unpaired) electrons. The molecule has 0 fully saturated rings. The van der Waals surface area contributed by atoms with Gasteiger partial charge in [-0.05, 0) is 37.8 Å². The summed E-state index contributed by atoms with van der Waals surface area (Å²) in [5.74, 6) is 1.05. The van der Waals surface area contributed by atoms with Crippen molar-refractivity contribution in [1.82, 2.24) is 14.5 Å². The van der Waals surface area contributed by atoms with Crippen molar-refractivity contribution in [1.29, 1.82) is 0 Å². The first kappa shape index (κ1) is 14.8. The topological polar surface area (TPSA) is 38.1 Å². The maximum atomic E-state index is 12.7. The van der Waals surface area contributed by atoms with E-state index in [0.29, 0.717) is 5.69 Å². The van der Waals surface area contributed by atoms with Gasteiger partial charge >= 0.3 is 0 Å². The smallest absolute Gasteiger partial charge is 0.274 e. The van der Waals surface area contributed by atoms with E-state index in [9.17, 15) is 4.79 Å². The van der Waals surface area contributed by atoms with Gasteiger partial charge in [0.1, 0.15) is 11.5 Å². The summed E-state index contributed by atoms with van der Waals surface area (Å²) < 4.78 is 2.13. The molecule has 0 aliphatic carbocycles. The van der Waals surface area contributed by atoms with Gasteiger partial charge in [-0.1, -0.05) is 24.3 Å². The van der Waals surface area contributed by atoms with Gasteiger partial charge in [-0.25, -0.2) is 4.98 Å². The fraction of sp³-hybridized carbons (Fsp3) is 0.444. The predicted molar refractivity (Wildman–Crippen MR) is 86.9 cm³/mol. The number of aromatic nitrogens is 2. The quantitative estimate of drug-likeness (QED) is 0.871. The molecule has 0 unspecified atom stereocenters. The molecule has 0 saturated carbocycles. The number of carbonyl (C=O) groups is 1. The van der Waals surface area contributed by atoms with Crippen LogP contribution in [0.5, 0.6) is 0 Å². The van der Waals surface area contributed by atoms with Crippen molar-refractivity contribution < 1.29 is 4.79 Å². The summed E-state index contributed by atoms with van der Waals surface area (Å²) >= 11 is 0. The molecule has 116 valence electrons.